The summed E-state index contributed by atoms with van der Waals surface area (Å²) in [6.45, 7) is 0.548. The van der Waals surface area contributed by atoms with E-state index >= 15 is 0 Å². The number of aromatic nitrogens is 4. The maximum Gasteiger partial charge on any atom is 0.173 e. The Morgan fingerprint density at radius 3 is 2.95 bits per heavy atom. The molecule has 0 amide bonds. The molecule has 0 aliphatic rings. The minimum atomic E-state index is 0.548. The van der Waals surface area contributed by atoms with Crippen molar-refractivity contribution in [2.75, 3.05) is 5.32 Å². The van der Waals surface area contributed by atoms with Crippen molar-refractivity contribution in [1.29, 1.82) is 0 Å². The van der Waals surface area contributed by atoms with Gasteiger partial charge < -0.3 is 9.73 Å². The summed E-state index contributed by atoms with van der Waals surface area (Å²) in [6, 6.07) is 11.8. The maximum absolute atomic E-state index is 5.76. The van der Waals surface area contributed by atoms with E-state index < -0.39 is 0 Å². The molecule has 0 saturated heterocycles. The molecule has 1 N–H and O–H groups in total. The zero-order chi connectivity index (χ0) is 14.8. The van der Waals surface area contributed by atoms with Crippen LogP contribution in [-0.4, -0.2) is 19.7 Å². The Labute approximate surface area is 126 Å². The monoisotopic (exact) mass is 291 g/mol. The fourth-order valence-corrected chi connectivity index (χ4v) is 2.26. The summed E-state index contributed by atoms with van der Waals surface area (Å²) in [4.78, 5) is 8.65. The van der Waals surface area contributed by atoms with Gasteiger partial charge in [0.2, 0.25) is 0 Å². The molecule has 6 heteroatoms. The molecule has 6 nitrogen and oxygen atoms in total. The van der Waals surface area contributed by atoms with E-state index in [4.69, 9.17) is 4.42 Å². The zero-order valence-electron chi connectivity index (χ0n) is 11.7. The van der Waals surface area contributed by atoms with Crippen LogP contribution in [0.5, 0.6) is 0 Å². The Hall–Kier alpha value is -3.15. The van der Waals surface area contributed by atoms with Gasteiger partial charge in [-0.3, -0.25) is 4.98 Å². The number of nitrogens with one attached hydrogen (secondary N) is 1. The Bertz CT molecular complexity index is 865. The van der Waals surface area contributed by atoms with Gasteiger partial charge in [0.1, 0.15) is 17.2 Å². The molecule has 22 heavy (non-hydrogen) atoms. The molecule has 0 aliphatic heterocycles. The van der Waals surface area contributed by atoms with E-state index in [1.54, 1.807) is 23.3 Å². The quantitative estimate of drug-likeness (QED) is 0.626. The van der Waals surface area contributed by atoms with Crippen LogP contribution in [0, 0.1) is 0 Å². The molecule has 4 rings (SSSR count). The first-order valence-electron chi connectivity index (χ1n) is 6.92. The Balaban J connectivity index is 1.53. The predicted octanol–water partition coefficient (Wildman–Crippen LogP) is 3.02. The zero-order valence-corrected chi connectivity index (χ0v) is 11.7. The molecule has 0 fully saturated rings. The average Bonchev–Trinajstić information content (AvgIpc) is 3.22. The highest BCUT2D eigenvalue weighted by Crippen LogP contribution is 2.19. The molecule has 4 aromatic rings. The van der Waals surface area contributed by atoms with E-state index in [1.807, 2.05) is 42.6 Å². The molecule has 0 radical (unpaired) electrons. The van der Waals surface area contributed by atoms with Crippen molar-refractivity contribution < 1.29 is 4.42 Å². The number of rotatable bonds is 4. The summed E-state index contributed by atoms with van der Waals surface area (Å²) in [6.07, 6.45) is 6.87. The molecule has 0 atom stereocenters. The molecule has 0 spiro atoms. The number of benzene rings is 1. The SMILES string of the molecule is c1ccc2oc(CNc3cncc(-n4cccn4)n3)cc2c1. The van der Waals surface area contributed by atoms with Crippen LogP contribution in [0.4, 0.5) is 5.82 Å². The molecule has 0 bridgehead atoms. The van der Waals surface area contributed by atoms with Gasteiger partial charge in [0.15, 0.2) is 5.82 Å². The highest BCUT2D eigenvalue weighted by Gasteiger charge is 2.05. The van der Waals surface area contributed by atoms with E-state index in [1.165, 1.54) is 0 Å². The maximum atomic E-state index is 5.76. The highest BCUT2D eigenvalue weighted by molar-refractivity contribution is 5.77. The van der Waals surface area contributed by atoms with Crippen LogP contribution < -0.4 is 5.32 Å². The molecular formula is C16H13N5O. The van der Waals surface area contributed by atoms with Gasteiger partial charge in [-0.2, -0.15) is 5.10 Å². The number of hydrogen-bond acceptors (Lipinski definition) is 5. The third-order valence-electron chi connectivity index (χ3n) is 3.28. The molecule has 0 aliphatic carbocycles. The minimum absolute atomic E-state index is 0.548. The first kappa shape index (κ1) is 12.6. The molecule has 108 valence electrons. The van der Waals surface area contributed by atoms with Crippen LogP contribution >= 0.6 is 0 Å². The fourth-order valence-electron chi connectivity index (χ4n) is 2.26. The van der Waals surface area contributed by atoms with Gasteiger partial charge in [0.25, 0.3) is 0 Å². The fraction of sp³-hybridized carbons (Fsp3) is 0.0625. The molecule has 3 heterocycles. The van der Waals surface area contributed by atoms with Gasteiger partial charge in [0.05, 0.1) is 18.9 Å². The number of nitrogens with zero attached hydrogens (tertiary/aromatic N) is 4. The smallest absolute Gasteiger partial charge is 0.173 e. The average molecular weight is 291 g/mol. The van der Waals surface area contributed by atoms with Gasteiger partial charge in [-0.15, -0.1) is 0 Å². The first-order valence-corrected chi connectivity index (χ1v) is 6.92. The van der Waals surface area contributed by atoms with Crippen molar-refractivity contribution in [2.45, 2.75) is 6.54 Å². The van der Waals surface area contributed by atoms with Crippen LogP contribution in [0.3, 0.4) is 0 Å². The third-order valence-corrected chi connectivity index (χ3v) is 3.28. The van der Waals surface area contributed by atoms with E-state index in [0.29, 0.717) is 18.2 Å². The van der Waals surface area contributed by atoms with Crippen molar-refractivity contribution in [1.82, 2.24) is 19.7 Å². The number of hydrogen-bond donors (Lipinski definition) is 1. The topological polar surface area (TPSA) is 68.8 Å². The molecule has 3 aromatic heterocycles. The third kappa shape index (κ3) is 2.42. The Kier molecular flexibility index (Phi) is 3.05. The van der Waals surface area contributed by atoms with Crippen LogP contribution in [0.15, 0.2) is 65.6 Å². The minimum Gasteiger partial charge on any atom is -0.459 e. The summed E-state index contributed by atoms with van der Waals surface area (Å²) in [5.41, 5.74) is 0.885. The van der Waals surface area contributed by atoms with E-state index in [0.717, 1.165) is 16.7 Å². The summed E-state index contributed by atoms with van der Waals surface area (Å²) < 4.78 is 7.43. The van der Waals surface area contributed by atoms with Gasteiger partial charge >= 0.3 is 0 Å². The molecule has 1 aromatic carbocycles. The van der Waals surface area contributed by atoms with Crippen molar-refractivity contribution >= 4 is 16.8 Å². The lowest BCUT2D eigenvalue weighted by atomic mass is 10.2. The highest BCUT2D eigenvalue weighted by atomic mass is 16.3. The van der Waals surface area contributed by atoms with E-state index in [9.17, 15) is 0 Å². The summed E-state index contributed by atoms with van der Waals surface area (Å²) in [5.74, 6) is 2.19. The second-order valence-corrected chi connectivity index (χ2v) is 4.82. The normalized spacial score (nSPS) is 10.9. The predicted molar refractivity (Wildman–Crippen MR) is 82.7 cm³/mol. The number of furan rings is 1. The standard InChI is InChI=1S/C16H13N5O/c1-2-5-14-12(4-1)8-13(22-14)9-18-15-10-17-11-16(20-15)21-7-3-6-19-21/h1-8,10-11H,9H2,(H,18,20). The van der Waals surface area contributed by atoms with Crippen LogP contribution in [0.25, 0.3) is 16.8 Å². The first-order chi connectivity index (χ1) is 10.9. The second kappa shape index (κ2) is 5.33. The summed E-state index contributed by atoms with van der Waals surface area (Å²) in [5, 5.41) is 8.45. The number of fused-ring (bicyclic) bond motifs is 1. The number of anilines is 1. The van der Waals surface area contributed by atoms with Gasteiger partial charge in [-0.05, 0) is 18.2 Å². The Morgan fingerprint density at radius 1 is 1.14 bits per heavy atom. The van der Waals surface area contributed by atoms with Crippen molar-refractivity contribution in [3.8, 4) is 5.82 Å². The molecule has 0 saturated carbocycles. The summed E-state index contributed by atoms with van der Waals surface area (Å²) >= 11 is 0. The lowest BCUT2D eigenvalue weighted by Crippen LogP contribution is -2.05. The number of para-hydroxylation sites is 1. The largest absolute Gasteiger partial charge is 0.459 e. The molecular weight excluding hydrogens is 278 g/mol. The van der Waals surface area contributed by atoms with Crippen LogP contribution in [-0.2, 0) is 6.54 Å². The van der Waals surface area contributed by atoms with Crippen molar-refractivity contribution in [3.63, 3.8) is 0 Å². The Morgan fingerprint density at radius 2 is 2.09 bits per heavy atom. The van der Waals surface area contributed by atoms with Gasteiger partial charge in [0, 0.05) is 17.8 Å². The molecule has 0 unspecified atom stereocenters. The lowest BCUT2D eigenvalue weighted by molar-refractivity contribution is 0.559. The van der Waals surface area contributed by atoms with Gasteiger partial charge in [-0.25, -0.2) is 9.67 Å². The van der Waals surface area contributed by atoms with Crippen molar-refractivity contribution in [3.05, 3.63) is 66.9 Å². The van der Waals surface area contributed by atoms with E-state index in [2.05, 4.69) is 20.4 Å². The van der Waals surface area contributed by atoms with Crippen LogP contribution in [0.1, 0.15) is 5.76 Å². The van der Waals surface area contributed by atoms with E-state index in [-0.39, 0.29) is 0 Å². The van der Waals surface area contributed by atoms with Crippen LogP contribution in [0.2, 0.25) is 0 Å². The second-order valence-electron chi connectivity index (χ2n) is 4.82. The van der Waals surface area contributed by atoms with Gasteiger partial charge in [-0.1, -0.05) is 18.2 Å². The lowest BCUT2D eigenvalue weighted by Gasteiger charge is -2.05. The summed E-state index contributed by atoms with van der Waals surface area (Å²) in [7, 11) is 0. The van der Waals surface area contributed by atoms with Crippen molar-refractivity contribution in [2.24, 2.45) is 0 Å².